The Morgan fingerprint density at radius 3 is 2.83 bits per heavy atom. The molecule has 1 atom stereocenters. The van der Waals surface area contributed by atoms with E-state index in [2.05, 4.69) is 19.3 Å². The molecule has 0 amide bonds. The van der Waals surface area contributed by atoms with Crippen molar-refractivity contribution in [2.45, 2.75) is 13.8 Å². The van der Waals surface area contributed by atoms with Gasteiger partial charge in [0.1, 0.15) is 0 Å². The maximum absolute atomic E-state index is 4.33. The molecule has 12 heavy (non-hydrogen) atoms. The Balaban J connectivity index is 2.88. The van der Waals surface area contributed by atoms with E-state index in [4.69, 9.17) is 0 Å². The highest BCUT2D eigenvalue weighted by Crippen LogP contribution is 2.04. The van der Waals surface area contributed by atoms with Crippen molar-refractivity contribution in [3.8, 4) is 0 Å². The van der Waals surface area contributed by atoms with Gasteiger partial charge in [-0.15, -0.1) is 9.24 Å². The smallest absolute Gasteiger partial charge is 0.160 e. The predicted octanol–water partition coefficient (Wildman–Crippen LogP) is 0.847. The Morgan fingerprint density at radius 1 is 1.33 bits per heavy atom. The third kappa shape index (κ3) is 1.10. The number of aryl methyl sites for hydroxylation is 2. The molecule has 2 aromatic heterocycles. The molecule has 4 heteroatoms. The summed E-state index contributed by atoms with van der Waals surface area (Å²) in [6, 6.07) is 2.01. The highest BCUT2D eigenvalue weighted by molar-refractivity contribution is 7.28. The topological polar surface area (TPSA) is 30.2 Å². The fourth-order valence-corrected chi connectivity index (χ4v) is 1.68. The summed E-state index contributed by atoms with van der Waals surface area (Å²) in [7, 11) is 2.67. The summed E-state index contributed by atoms with van der Waals surface area (Å²) in [6.45, 7) is 3.94. The lowest BCUT2D eigenvalue weighted by molar-refractivity contribution is 0.905. The molecule has 0 aliphatic heterocycles. The van der Waals surface area contributed by atoms with Gasteiger partial charge in [0.05, 0.1) is 17.6 Å². The number of hydrogen-bond acceptors (Lipinski definition) is 2. The van der Waals surface area contributed by atoms with E-state index < -0.39 is 0 Å². The summed E-state index contributed by atoms with van der Waals surface area (Å²) in [5.74, 6) is 0. The molecular weight excluding hydrogens is 169 g/mol. The van der Waals surface area contributed by atoms with Gasteiger partial charge in [-0.2, -0.15) is 5.10 Å². The summed E-state index contributed by atoms with van der Waals surface area (Å²) >= 11 is 0. The second-order valence-electron chi connectivity index (χ2n) is 2.89. The number of imidazole rings is 1. The molecule has 2 rings (SSSR count). The molecule has 0 saturated carbocycles. The van der Waals surface area contributed by atoms with Crippen LogP contribution >= 0.6 is 9.24 Å². The van der Waals surface area contributed by atoms with Crippen LogP contribution in [0, 0.1) is 13.8 Å². The third-order valence-electron chi connectivity index (χ3n) is 1.70. The minimum atomic E-state index is 0.920. The number of nitrogens with zero attached hydrogens (tertiary/aromatic N) is 3. The first kappa shape index (κ1) is 7.69. The van der Waals surface area contributed by atoms with Crippen LogP contribution in [-0.4, -0.2) is 14.6 Å². The molecule has 3 nitrogen and oxygen atoms in total. The first-order chi connectivity index (χ1) is 5.66. The van der Waals surface area contributed by atoms with Crippen molar-refractivity contribution in [3.63, 3.8) is 0 Å². The molecule has 2 heterocycles. The van der Waals surface area contributed by atoms with Crippen molar-refractivity contribution in [1.29, 1.82) is 0 Å². The van der Waals surface area contributed by atoms with Gasteiger partial charge in [-0.05, 0) is 19.9 Å². The van der Waals surface area contributed by atoms with Crippen LogP contribution in [-0.2, 0) is 0 Å². The van der Waals surface area contributed by atoms with Crippen molar-refractivity contribution in [1.82, 2.24) is 14.6 Å². The molecule has 0 aliphatic carbocycles. The molecule has 0 spiro atoms. The van der Waals surface area contributed by atoms with E-state index in [1.165, 1.54) is 0 Å². The average molecular weight is 179 g/mol. The molecular formula is C8H10N3P. The standard InChI is InChI=1S/C8H10N3P/c1-5-3-7(12)8-9-6(2)4-11(8)10-5/h3-4H,12H2,1-2H3. The predicted molar refractivity (Wildman–Crippen MR) is 51.8 cm³/mol. The van der Waals surface area contributed by atoms with E-state index in [1.54, 1.807) is 0 Å². The molecule has 0 radical (unpaired) electrons. The zero-order valence-electron chi connectivity index (χ0n) is 7.07. The Morgan fingerprint density at radius 2 is 2.08 bits per heavy atom. The minimum Gasteiger partial charge on any atom is -0.232 e. The van der Waals surface area contributed by atoms with E-state index in [0.29, 0.717) is 0 Å². The molecule has 0 aromatic carbocycles. The molecule has 0 fully saturated rings. The van der Waals surface area contributed by atoms with E-state index in [-0.39, 0.29) is 0 Å². The van der Waals surface area contributed by atoms with E-state index in [9.17, 15) is 0 Å². The van der Waals surface area contributed by atoms with Crippen LogP contribution in [0.5, 0.6) is 0 Å². The van der Waals surface area contributed by atoms with Gasteiger partial charge in [-0.3, -0.25) is 0 Å². The van der Waals surface area contributed by atoms with E-state index in [1.807, 2.05) is 30.6 Å². The Hall–Kier alpha value is -0.950. The summed E-state index contributed by atoms with van der Waals surface area (Å²) in [5, 5.41) is 5.39. The Bertz CT molecular complexity index is 433. The lowest BCUT2D eigenvalue weighted by atomic mass is 10.4. The van der Waals surface area contributed by atoms with Crippen LogP contribution < -0.4 is 5.30 Å². The molecule has 0 bridgehead atoms. The van der Waals surface area contributed by atoms with Crippen molar-refractivity contribution in [3.05, 3.63) is 23.7 Å². The lowest BCUT2D eigenvalue weighted by Gasteiger charge is -1.97. The molecule has 0 N–H and O–H groups in total. The highest BCUT2D eigenvalue weighted by Gasteiger charge is 2.02. The average Bonchev–Trinajstić information content (AvgIpc) is 2.29. The van der Waals surface area contributed by atoms with Crippen LogP contribution in [0.15, 0.2) is 12.3 Å². The van der Waals surface area contributed by atoms with Gasteiger partial charge in [-0.25, -0.2) is 9.50 Å². The van der Waals surface area contributed by atoms with Crippen LogP contribution in [0.3, 0.4) is 0 Å². The highest BCUT2D eigenvalue weighted by atomic mass is 31.0. The van der Waals surface area contributed by atoms with Crippen molar-refractivity contribution in [2.24, 2.45) is 0 Å². The fraction of sp³-hybridized carbons (Fsp3) is 0.250. The second kappa shape index (κ2) is 2.53. The van der Waals surface area contributed by atoms with Crippen LogP contribution in [0.1, 0.15) is 11.4 Å². The summed E-state index contributed by atoms with van der Waals surface area (Å²) in [4.78, 5) is 4.33. The molecule has 0 saturated heterocycles. The van der Waals surface area contributed by atoms with Crippen LogP contribution in [0.2, 0.25) is 0 Å². The quantitative estimate of drug-likeness (QED) is 0.561. The van der Waals surface area contributed by atoms with Gasteiger partial charge < -0.3 is 0 Å². The van der Waals surface area contributed by atoms with Crippen molar-refractivity contribution >= 4 is 20.2 Å². The largest absolute Gasteiger partial charge is 0.232 e. The maximum Gasteiger partial charge on any atom is 0.160 e. The SMILES string of the molecule is Cc1cn2nc(C)cc(P)c2n1. The van der Waals surface area contributed by atoms with Crippen LogP contribution in [0.4, 0.5) is 0 Å². The zero-order valence-corrected chi connectivity index (χ0v) is 8.23. The van der Waals surface area contributed by atoms with Gasteiger partial charge >= 0.3 is 0 Å². The first-order valence-corrected chi connectivity index (χ1v) is 4.33. The lowest BCUT2D eigenvalue weighted by Crippen LogP contribution is -2.03. The number of hydrogen-bond donors (Lipinski definition) is 0. The third-order valence-corrected chi connectivity index (χ3v) is 2.12. The van der Waals surface area contributed by atoms with Gasteiger partial charge in [-0.1, -0.05) is 0 Å². The maximum atomic E-state index is 4.33. The molecule has 2 aromatic rings. The molecule has 0 aliphatic rings. The second-order valence-corrected chi connectivity index (χ2v) is 3.51. The fourth-order valence-electron chi connectivity index (χ4n) is 1.25. The summed E-state index contributed by atoms with van der Waals surface area (Å²) in [6.07, 6.45) is 1.93. The molecule has 1 unspecified atom stereocenters. The summed E-state index contributed by atoms with van der Waals surface area (Å²) in [5.41, 5.74) is 2.92. The van der Waals surface area contributed by atoms with E-state index >= 15 is 0 Å². The van der Waals surface area contributed by atoms with Gasteiger partial charge in [0.2, 0.25) is 0 Å². The monoisotopic (exact) mass is 179 g/mol. The van der Waals surface area contributed by atoms with Gasteiger partial charge in [0.15, 0.2) is 5.65 Å². The van der Waals surface area contributed by atoms with Crippen LogP contribution in [0.25, 0.3) is 5.65 Å². The number of aromatic nitrogens is 3. The minimum absolute atomic E-state index is 0.920. The van der Waals surface area contributed by atoms with E-state index in [0.717, 1.165) is 22.3 Å². The Labute approximate surface area is 73.0 Å². The zero-order chi connectivity index (χ0) is 8.72. The molecule has 62 valence electrons. The van der Waals surface area contributed by atoms with Gasteiger partial charge in [0, 0.05) is 5.30 Å². The summed E-state index contributed by atoms with van der Waals surface area (Å²) < 4.78 is 1.81. The number of rotatable bonds is 0. The number of fused-ring (bicyclic) bond motifs is 1. The Kier molecular flexibility index (Phi) is 1.62. The first-order valence-electron chi connectivity index (χ1n) is 3.76. The van der Waals surface area contributed by atoms with Gasteiger partial charge in [0.25, 0.3) is 0 Å². The van der Waals surface area contributed by atoms with Crippen molar-refractivity contribution in [2.75, 3.05) is 0 Å². The van der Waals surface area contributed by atoms with Crippen molar-refractivity contribution < 1.29 is 0 Å². The normalized spacial score (nSPS) is 10.9.